The predicted octanol–water partition coefficient (Wildman–Crippen LogP) is 2.79. The van der Waals surface area contributed by atoms with Gasteiger partial charge in [-0.2, -0.15) is 9.29 Å². The van der Waals surface area contributed by atoms with Gasteiger partial charge < -0.3 is 14.0 Å². The van der Waals surface area contributed by atoms with Gasteiger partial charge in [-0.25, -0.2) is 17.2 Å². The fourth-order valence-electron chi connectivity index (χ4n) is 3.00. The molecule has 1 aliphatic heterocycles. The summed E-state index contributed by atoms with van der Waals surface area (Å²) < 4.78 is 69.4. The highest BCUT2D eigenvalue weighted by atomic mass is 32.2. The van der Waals surface area contributed by atoms with Crippen LogP contribution in [0.3, 0.4) is 0 Å². The highest BCUT2D eigenvalue weighted by molar-refractivity contribution is 7.89. The van der Waals surface area contributed by atoms with E-state index in [1.165, 1.54) is 0 Å². The van der Waals surface area contributed by atoms with Gasteiger partial charge in [-0.3, -0.25) is 0 Å². The minimum atomic E-state index is -4.05. The second kappa shape index (κ2) is 8.09. The zero-order valence-corrected chi connectivity index (χ0v) is 16.6. The maximum absolute atomic E-state index is 13.5. The highest BCUT2D eigenvalue weighted by Crippen LogP contribution is 2.28. The van der Waals surface area contributed by atoms with Crippen LogP contribution in [0.2, 0.25) is 0 Å². The predicted molar refractivity (Wildman–Crippen MR) is 100 cm³/mol. The number of nitrogens with zero attached hydrogens (tertiary/aromatic N) is 3. The van der Waals surface area contributed by atoms with E-state index in [2.05, 4.69) is 10.1 Å². The van der Waals surface area contributed by atoms with E-state index in [-0.39, 0.29) is 30.5 Å². The second-order valence-electron chi connectivity index (χ2n) is 6.48. The van der Waals surface area contributed by atoms with Gasteiger partial charge in [0.25, 0.3) is 5.89 Å². The van der Waals surface area contributed by atoms with Crippen molar-refractivity contribution in [1.29, 1.82) is 0 Å². The molecule has 2 heterocycles. The molecule has 4 rings (SSSR count). The van der Waals surface area contributed by atoms with E-state index in [4.69, 9.17) is 14.0 Å². The van der Waals surface area contributed by atoms with E-state index in [0.717, 1.165) is 16.4 Å². The van der Waals surface area contributed by atoms with Crippen molar-refractivity contribution in [1.82, 2.24) is 14.4 Å². The molecule has 1 aliphatic rings. The summed E-state index contributed by atoms with van der Waals surface area (Å²) in [6.07, 6.45) is -0.793. The van der Waals surface area contributed by atoms with Gasteiger partial charge in [0.15, 0.2) is 17.7 Å². The van der Waals surface area contributed by atoms with E-state index in [1.54, 1.807) is 31.4 Å². The first kappa shape index (κ1) is 20.4. The van der Waals surface area contributed by atoms with Crippen LogP contribution in [0.15, 0.2) is 51.9 Å². The zero-order valence-electron chi connectivity index (χ0n) is 15.8. The average Bonchev–Trinajstić information content (AvgIpc) is 3.26. The largest absolute Gasteiger partial charge is 0.497 e. The first-order valence-electron chi connectivity index (χ1n) is 8.93. The number of rotatable bonds is 5. The molecular formula is C19H17F2N3O5S. The number of methoxy groups -OCH3 is 1. The summed E-state index contributed by atoms with van der Waals surface area (Å²) >= 11 is 0. The van der Waals surface area contributed by atoms with Crippen molar-refractivity contribution < 1.29 is 31.2 Å². The molecule has 3 aromatic rings. The molecule has 0 spiro atoms. The molecule has 1 unspecified atom stereocenters. The number of benzene rings is 2. The summed E-state index contributed by atoms with van der Waals surface area (Å²) in [5.74, 6) is -1.24. The van der Waals surface area contributed by atoms with Crippen molar-refractivity contribution in [3.8, 4) is 17.1 Å². The summed E-state index contributed by atoms with van der Waals surface area (Å²) in [7, 11) is -2.49. The monoisotopic (exact) mass is 437 g/mol. The summed E-state index contributed by atoms with van der Waals surface area (Å²) in [6.45, 7) is 0.0245. The molecule has 0 radical (unpaired) electrons. The Bertz CT molecular complexity index is 1150. The van der Waals surface area contributed by atoms with Crippen LogP contribution in [0.25, 0.3) is 11.4 Å². The lowest BCUT2D eigenvalue weighted by molar-refractivity contribution is -0.0199. The lowest BCUT2D eigenvalue weighted by Crippen LogP contribution is -2.42. The molecule has 11 heteroatoms. The van der Waals surface area contributed by atoms with Gasteiger partial charge in [0.2, 0.25) is 15.8 Å². The second-order valence-corrected chi connectivity index (χ2v) is 8.42. The zero-order chi connectivity index (χ0) is 21.3. The van der Waals surface area contributed by atoms with Crippen molar-refractivity contribution in [2.45, 2.75) is 11.0 Å². The summed E-state index contributed by atoms with van der Waals surface area (Å²) in [5.41, 5.74) is 0.688. The molecule has 0 amide bonds. The van der Waals surface area contributed by atoms with Crippen molar-refractivity contribution in [3.05, 3.63) is 60.0 Å². The Hall–Kier alpha value is -2.89. The maximum Gasteiger partial charge on any atom is 0.257 e. The third kappa shape index (κ3) is 3.91. The Labute approximate surface area is 171 Å². The van der Waals surface area contributed by atoms with Crippen LogP contribution in [0.1, 0.15) is 12.0 Å². The van der Waals surface area contributed by atoms with Gasteiger partial charge in [-0.15, -0.1) is 0 Å². The van der Waals surface area contributed by atoms with Crippen molar-refractivity contribution in [3.63, 3.8) is 0 Å². The first-order chi connectivity index (χ1) is 14.4. The normalized spacial score (nSPS) is 17.8. The number of aromatic nitrogens is 2. The molecule has 1 atom stereocenters. The van der Waals surface area contributed by atoms with Crippen LogP contribution in [-0.4, -0.2) is 49.7 Å². The SMILES string of the molecule is COc1ccc(-c2noc(C3CN(S(=O)(=O)c4ccc(F)c(F)c4)CCO3)n2)cc1. The molecule has 1 aromatic heterocycles. The van der Waals surface area contributed by atoms with Gasteiger partial charge in [0, 0.05) is 18.7 Å². The number of morpholine rings is 1. The van der Waals surface area contributed by atoms with Crippen LogP contribution in [0.5, 0.6) is 5.75 Å². The van der Waals surface area contributed by atoms with E-state index >= 15 is 0 Å². The van der Waals surface area contributed by atoms with Crippen LogP contribution in [0.4, 0.5) is 8.78 Å². The van der Waals surface area contributed by atoms with E-state index in [0.29, 0.717) is 23.2 Å². The highest BCUT2D eigenvalue weighted by Gasteiger charge is 2.34. The van der Waals surface area contributed by atoms with Crippen molar-refractivity contribution >= 4 is 10.0 Å². The fourth-order valence-corrected chi connectivity index (χ4v) is 4.44. The molecule has 0 aliphatic carbocycles. The average molecular weight is 437 g/mol. The van der Waals surface area contributed by atoms with Crippen molar-refractivity contribution in [2.75, 3.05) is 26.8 Å². The molecular weight excluding hydrogens is 420 g/mol. The van der Waals surface area contributed by atoms with E-state index in [1.807, 2.05) is 0 Å². The summed E-state index contributed by atoms with van der Waals surface area (Å²) in [6, 6.07) is 9.47. The summed E-state index contributed by atoms with van der Waals surface area (Å²) in [5, 5.41) is 3.92. The van der Waals surface area contributed by atoms with Crippen LogP contribution in [-0.2, 0) is 14.8 Å². The first-order valence-corrected chi connectivity index (χ1v) is 10.4. The fraction of sp³-hybridized carbons (Fsp3) is 0.263. The molecule has 30 heavy (non-hydrogen) atoms. The lowest BCUT2D eigenvalue weighted by atomic mass is 10.2. The van der Waals surface area contributed by atoms with Crippen LogP contribution < -0.4 is 4.74 Å². The lowest BCUT2D eigenvalue weighted by Gasteiger charge is -2.30. The maximum atomic E-state index is 13.5. The third-order valence-corrected chi connectivity index (χ3v) is 6.48. The molecule has 0 bridgehead atoms. The van der Waals surface area contributed by atoms with Crippen LogP contribution in [0, 0.1) is 11.6 Å². The smallest absolute Gasteiger partial charge is 0.257 e. The molecule has 2 aromatic carbocycles. The third-order valence-electron chi connectivity index (χ3n) is 4.62. The minimum absolute atomic E-state index is 0.0529. The quantitative estimate of drug-likeness (QED) is 0.606. The van der Waals surface area contributed by atoms with E-state index in [9.17, 15) is 17.2 Å². The van der Waals surface area contributed by atoms with Crippen LogP contribution >= 0.6 is 0 Å². The Morgan fingerprint density at radius 3 is 2.60 bits per heavy atom. The van der Waals surface area contributed by atoms with Gasteiger partial charge >= 0.3 is 0 Å². The van der Waals surface area contributed by atoms with Gasteiger partial charge in [-0.05, 0) is 42.5 Å². The number of sulfonamides is 1. The van der Waals surface area contributed by atoms with Gasteiger partial charge in [0.05, 0.1) is 18.6 Å². The van der Waals surface area contributed by atoms with E-state index < -0.39 is 27.8 Å². The minimum Gasteiger partial charge on any atom is -0.497 e. The Kier molecular flexibility index (Phi) is 5.50. The molecule has 8 nitrogen and oxygen atoms in total. The summed E-state index contributed by atoms with van der Waals surface area (Å²) in [4.78, 5) is 3.96. The Morgan fingerprint density at radius 1 is 1.13 bits per heavy atom. The topological polar surface area (TPSA) is 94.8 Å². The van der Waals surface area contributed by atoms with Gasteiger partial charge in [-0.1, -0.05) is 5.16 Å². The Balaban J connectivity index is 1.54. The number of hydrogen-bond donors (Lipinski definition) is 0. The standard InChI is InChI=1S/C19H17F2N3O5S/c1-27-13-4-2-12(3-5-13)18-22-19(29-23-18)17-11-24(8-9-28-17)30(25,26)14-6-7-15(20)16(21)10-14/h2-7,10,17H,8-9,11H2,1H3. The molecule has 0 N–H and O–H groups in total. The van der Waals surface area contributed by atoms with Crippen molar-refractivity contribution in [2.24, 2.45) is 0 Å². The molecule has 0 saturated carbocycles. The molecule has 1 saturated heterocycles. The molecule has 158 valence electrons. The number of halogens is 2. The Morgan fingerprint density at radius 2 is 1.90 bits per heavy atom. The number of hydrogen-bond acceptors (Lipinski definition) is 7. The van der Waals surface area contributed by atoms with Gasteiger partial charge in [0.1, 0.15) is 5.75 Å². The molecule has 1 fully saturated rings. The number of ether oxygens (including phenoxy) is 2.